The summed E-state index contributed by atoms with van der Waals surface area (Å²) in [5, 5.41) is 7.41. The van der Waals surface area contributed by atoms with Crippen LogP contribution in [0.1, 0.15) is 10.6 Å². The molecule has 6 nitrogen and oxygen atoms in total. The first-order valence-electron chi connectivity index (χ1n) is 9.26. The van der Waals surface area contributed by atoms with Crippen LogP contribution in [0.3, 0.4) is 0 Å². The zero-order chi connectivity index (χ0) is 22.0. The summed E-state index contributed by atoms with van der Waals surface area (Å²) in [5.74, 6) is 0.461. The third kappa shape index (κ3) is 5.67. The Bertz CT molecular complexity index is 1210. The lowest BCUT2D eigenvalue weighted by Crippen LogP contribution is -2.37. The summed E-state index contributed by atoms with van der Waals surface area (Å²) in [7, 11) is 0. The molecule has 0 saturated heterocycles. The van der Waals surface area contributed by atoms with E-state index in [-0.39, 0.29) is 24.7 Å². The van der Waals surface area contributed by atoms with Crippen molar-refractivity contribution in [1.82, 2.24) is 4.98 Å². The SMILES string of the molecule is Cl.N[C@H](Cc1sc2c(NCc3ccco3)cc(Cl)nc2c1Cl)C(=O)Nc1ccc(Cl)cc1. The summed E-state index contributed by atoms with van der Waals surface area (Å²) >= 11 is 20.1. The molecule has 0 aliphatic rings. The highest BCUT2D eigenvalue weighted by Crippen LogP contribution is 2.40. The minimum atomic E-state index is -0.795. The van der Waals surface area contributed by atoms with Crippen LogP contribution in [0.2, 0.25) is 15.2 Å². The molecular formula is C21H18Cl4N4O2S. The first kappa shape index (κ1) is 24.6. The third-order valence-electron chi connectivity index (χ3n) is 4.51. The molecular weight excluding hydrogens is 514 g/mol. The Morgan fingerprint density at radius 2 is 1.94 bits per heavy atom. The lowest BCUT2D eigenvalue weighted by molar-refractivity contribution is -0.117. The molecule has 0 unspecified atom stereocenters. The Hall–Kier alpha value is -2.00. The van der Waals surface area contributed by atoms with Crippen molar-refractivity contribution in [2.75, 3.05) is 10.6 Å². The summed E-state index contributed by atoms with van der Waals surface area (Å²) in [6, 6.07) is 11.4. The second-order valence-corrected chi connectivity index (χ2v) is 9.06. The summed E-state index contributed by atoms with van der Waals surface area (Å²) in [6.07, 6.45) is 1.87. The maximum Gasteiger partial charge on any atom is 0.241 e. The fourth-order valence-corrected chi connectivity index (χ4v) is 4.86. The first-order valence-corrected chi connectivity index (χ1v) is 11.2. The number of benzene rings is 1. The van der Waals surface area contributed by atoms with Crippen LogP contribution in [0.4, 0.5) is 11.4 Å². The number of carbonyl (C=O) groups excluding carboxylic acids is 1. The quantitative estimate of drug-likeness (QED) is 0.240. The number of halogens is 4. The highest BCUT2D eigenvalue weighted by molar-refractivity contribution is 7.20. The summed E-state index contributed by atoms with van der Waals surface area (Å²) in [4.78, 5) is 17.6. The molecule has 1 atom stereocenters. The Balaban J connectivity index is 0.00000289. The Kier molecular flexibility index (Phi) is 8.27. The molecule has 0 aliphatic heterocycles. The van der Waals surface area contributed by atoms with Crippen LogP contribution in [0.15, 0.2) is 53.1 Å². The van der Waals surface area contributed by atoms with Crippen LogP contribution in [0, 0.1) is 0 Å². The van der Waals surface area contributed by atoms with Crippen molar-refractivity contribution in [1.29, 1.82) is 0 Å². The van der Waals surface area contributed by atoms with Crippen LogP contribution in [0.5, 0.6) is 0 Å². The molecule has 0 fully saturated rings. The van der Waals surface area contributed by atoms with E-state index in [1.54, 1.807) is 36.6 Å². The number of nitrogens with zero attached hydrogens (tertiary/aromatic N) is 1. The van der Waals surface area contributed by atoms with E-state index < -0.39 is 6.04 Å². The number of nitrogens with two attached hydrogens (primary N) is 1. The fourth-order valence-electron chi connectivity index (χ4n) is 2.97. The minimum absolute atomic E-state index is 0. The first-order chi connectivity index (χ1) is 14.9. The van der Waals surface area contributed by atoms with Crippen molar-refractivity contribution < 1.29 is 9.21 Å². The van der Waals surface area contributed by atoms with Gasteiger partial charge in [0.15, 0.2) is 0 Å². The molecule has 3 heterocycles. The van der Waals surface area contributed by atoms with Crippen LogP contribution in [-0.4, -0.2) is 16.9 Å². The predicted octanol–water partition coefficient (Wildman–Crippen LogP) is 6.39. The summed E-state index contributed by atoms with van der Waals surface area (Å²) < 4.78 is 6.19. The van der Waals surface area contributed by atoms with Gasteiger partial charge in [-0.2, -0.15) is 0 Å². The van der Waals surface area contributed by atoms with Gasteiger partial charge < -0.3 is 20.8 Å². The number of hydrogen-bond donors (Lipinski definition) is 3. The number of fused-ring (bicyclic) bond motifs is 1. The van der Waals surface area contributed by atoms with E-state index in [0.29, 0.717) is 32.9 Å². The van der Waals surface area contributed by atoms with E-state index >= 15 is 0 Å². The van der Waals surface area contributed by atoms with Crippen molar-refractivity contribution in [3.8, 4) is 0 Å². The number of hydrogen-bond acceptors (Lipinski definition) is 6. The normalized spacial score (nSPS) is 11.8. The number of nitrogens with one attached hydrogen (secondary N) is 2. The number of carbonyl (C=O) groups is 1. The number of aromatic nitrogens is 1. The maximum absolute atomic E-state index is 12.5. The fraction of sp³-hybridized carbons (Fsp3) is 0.143. The second-order valence-electron chi connectivity index (χ2n) is 6.75. The van der Waals surface area contributed by atoms with Gasteiger partial charge in [-0.3, -0.25) is 4.79 Å². The molecule has 1 amide bonds. The Morgan fingerprint density at radius 1 is 1.19 bits per heavy atom. The van der Waals surface area contributed by atoms with Gasteiger partial charge in [-0.25, -0.2) is 4.98 Å². The van der Waals surface area contributed by atoms with Crippen LogP contribution >= 0.6 is 58.5 Å². The number of pyridine rings is 1. The molecule has 4 aromatic rings. The molecule has 4 rings (SSSR count). The predicted molar refractivity (Wildman–Crippen MR) is 135 cm³/mol. The average molecular weight is 532 g/mol. The lowest BCUT2D eigenvalue weighted by atomic mass is 10.1. The zero-order valence-corrected chi connectivity index (χ0v) is 20.3. The third-order valence-corrected chi connectivity index (χ3v) is 6.71. The maximum atomic E-state index is 12.5. The van der Waals surface area contributed by atoms with Gasteiger partial charge in [0.25, 0.3) is 0 Å². The van der Waals surface area contributed by atoms with Gasteiger partial charge in [-0.05, 0) is 36.4 Å². The molecule has 4 N–H and O–H groups in total. The van der Waals surface area contributed by atoms with Crippen molar-refractivity contribution in [3.05, 3.63) is 74.6 Å². The summed E-state index contributed by atoms with van der Waals surface area (Å²) in [6.45, 7) is 0.482. The molecule has 3 aromatic heterocycles. The van der Waals surface area contributed by atoms with Gasteiger partial charge in [0.1, 0.15) is 16.4 Å². The van der Waals surface area contributed by atoms with Crippen LogP contribution in [-0.2, 0) is 17.8 Å². The van der Waals surface area contributed by atoms with Crippen molar-refractivity contribution in [2.24, 2.45) is 5.73 Å². The molecule has 1 aromatic carbocycles. The molecule has 0 bridgehead atoms. The molecule has 0 saturated carbocycles. The molecule has 32 heavy (non-hydrogen) atoms. The highest BCUT2D eigenvalue weighted by atomic mass is 35.5. The van der Waals surface area contributed by atoms with Crippen molar-refractivity contribution in [3.63, 3.8) is 0 Å². The Labute approximate surface area is 209 Å². The van der Waals surface area contributed by atoms with E-state index in [0.717, 1.165) is 21.0 Å². The van der Waals surface area contributed by atoms with Crippen molar-refractivity contribution >= 4 is 86.0 Å². The number of amides is 1. The van der Waals surface area contributed by atoms with Gasteiger partial charge in [0, 0.05) is 28.1 Å². The number of rotatable bonds is 7. The van der Waals surface area contributed by atoms with Gasteiger partial charge >= 0.3 is 0 Å². The Morgan fingerprint density at radius 3 is 2.62 bits per heavy atom. The smallest absolute Gasteiger partial charge is 0.241 e. The molecule has 168 valence electrons. The second kappa shape index (κ2) is 10.7. The van der Waals surface area contributed by atoms with Gasteiger partial charge in [0.2, 0.25) is 5.91 Å². The molecule has 11 heteroatoms. The molecule has 0 spiro atoms. The van der Waals surface area contributed by atoms with E-state index in [1.807, 2.05) is 12.1 Å². The highest BCUT2D eigenvalue weighted by Gasteiger charge is 2.21. The molecule has 0 aliphatic carbocycles. The van der Waals surface area contributed by atoms with Crippen molar-refractivity contribution in [2.45, 2.75) is 19.0 Å². The standard InChI is InChI=1S/C21H17Cl3N4O2S.ClH/c22-11-3-5-12(6-4-11)27-21(29)14(25)8-16-18(24)19-20(31-16)15(9-17(23)28-19)26-10-13-2-1-7-30-13;/h1-7,9,14H,8,10,25H2,(H,26,28)(H,27,29);1H/t14-;/m1./s1. The van der Waals surface area contributed by atoms with E-state index in [9.17, 15) is 4.79 Å². The lowest BCUT2D eigenvalue weighted by Gasteiger charge is -2.11. The van der Waals surface area contributed by atoms with E-state index in [1.165, 1.54) is 11.3 Å². The van der Waals surface area contributed by atoms with Gasteiger partial charge in [-0.1, -0.05) is 34.8 Å². The van der Waals surface area contributed by atoms with Gasteiger partial charge in [0.05, 0.1) is 34.3 Å². The van der Waals surface area contributed by atoms with E-state index in [2.05, 4.69) is 15.6 Å². The van der Waals surface area contributed by atoms with Gasteiger partial charge in [-0.15, -0.1) is 23.7 Å². The summed E-state index contributed by atoms with van der Waals surface area (Å²) in [5.41, 5.74) is 8.11. The topological polar surface area (TPSA) is 93.2 Å². The molecule has 0 radical (unpaired) electrons. The average Bonchev–Trinajstić information content (AvgIpc) is 3.37. The van der Waals surface area contributed by atoms with Crippen LogP contribution in [0.25, 0.3) is 10.2 Å². The number of thiophene rings is 1. The largest absolute Gasteiger partial charge is 0.467 e. The number of furan rings is 1. The van der Waals surface area contributed by atoms with Crippen LogP contribution < -0.4 is 16.4 Å². The van der Waals surface area contributed by atoms with E-state index in [4.69, 9.17) is 45.0 Å². The minimum Gasteiger partial charge on any atom is -0.467 e. The zero-order valence-electron chi connectivity index (χ0n) is 16.4. The number of anilines is 2. The monoisotopic (exact) mass is 530 g/mol.